The van der Waals surface area contributed by atoms with Gasteiger partial charge in [0, 0.05) is 32.5 Å². The summed E-state index contributed by atoms with van der Waals surface area (Å²) in [5, 5.41) is 0. The van der Waals surface area contributed by atoms with Crippen LogP contribution in [0.25, 0.3) is 5.57 Å². The highest BCUT2D eigenvalue weighted by Crippen LogP contribution is 2.31. The van der Waals surface area contributed by atoms with Crippen LogP contribution in [-0.4, -0.2) is 25.0 Å². The third-order valence-electron chi connectivity index (χ3n) is 2.72. The van der Waals surface area contributed by atoms with E-state index in [0.717, 1.165) is 12.1 Å². The van der Waals surface area contributed by atoms with E-state index >= 15 is 0 Å². The molecule has 0 bridgehead atoms. The molecule has 2 rings (SSSR count). The molecule has 0 amide bonds. The van der Waals surface area contributed by atoms with Gasteiger partial charge in [0.05, 0.1) is 0 Å². The van der Waals surface area contributed by atoms with Gasteiger partial charge in [-0.2, -0.15) is 0 Å². The lowest BCUT2D eigenvalue weighted by atomic mass is 9.97. The van der Waals surface area contributed by atoms with Crippen molar-refractivity contribution in [3.63, 3.8) is 0 Å². The summed E-state index contributed by atoms with van der Waals surface area (Å²) >= 11 is 0. The molecule has 3 heteroatoms. The van der Waals surface area contributed by atoms with Crippen LogP contribution in [0.4, 0.5) is 0 Å². The van der Waals surface area contributed by atoms with Crippen LogP contribution in [0.5, 0.6) is 0 Å². The number of hydrogen-bond acceptors (Lipinski definition) is 2. The second-order valence-electron chi connectivity index (χ2n) is 3.53. The molecular formula is C12H15NO2. The van der Waals surface area contributed by atoms with E-state index in [1.807, 2.05) is 30.5 Å². The minimum Gasteiger partial charge on any atom is -0.361 e. The second-order valence-corrected chi connectivity index (χ2v) is 3.53. The Morgan fingerprint density at radius 1 is 1.33 bits per heavy atom. The molecule has 1 aromatic heterocycles. The van der Waals surface area contributed by atoms with Crippen LogP contribution in [0, 0.1) is 0 Å². The fourth-order valence-corrected chi connectivity index (χ4v) is 1.77. The van der Waals surface area contributed by atoms with Gasteiger partial charge >= 0.3 is 0 Å². The van der Waals surface area contributed by atoms with Gasteiger partial charge in [0.1, 0.15) is 0 Å². The fraction of sp³-hybridized carbons (Fsp3) is 0.333. The van der Waals surface area contributed by atoms with E-state index in [9.17, 15) is 0 Å². The van der Waals surface area contributed by atoms with E-state index in [4.69, 9.17) is 9.47 Å². The molecular weight excluding hydrogens is 190 g/mol. The molecule has 3 nitrogen and oxygen atoms in total. The summed E-state index contributed by atoms with van der Waals surface area (Å²) in [6, 6.07) is 4.02. The van der Waals surface area contributed by atoms with Crippen LogP contribution < -0.4 is 0 Å². The standard InChI is InChI=1S/C12H15NO2/c1-14-12(15-2)7-3-5-10(9-12)11-6-4-8-13-11/h3-8,13H,9H2,1-2H3. The number of aromatic nitrogens is 1. The third kappa shape index (κ3) is 1.89. The summed E-state index contributed by atoms with van der Waals surface area (Å²) in [6.45, 7) is 0. The SMILES string of the molecule is COC1(OC)C=CC=C(c2ccc[nH]2)C1. The van der Waals surface area contributed by atoms with Crippen molar-refractivity contribution in [3.05, 3.63) is 42.3 Å². The van der Waals surface area contributed by atoms with Gasteiger partial charge in [-0.1, -0.05) is 12.2 Å². The monoisotopic (exact) mass is 205 g/mol. The van der Waals surface area contributed by atoms with E-state index in [0.29, 0.717) is 0 Å². The zero-order valence-electron chi connectivity index (χ0n) is 8.99. The summed E-state index contributed by atoms with van der Waals surface area (Å²) in [4.78, 5) is 3.18. The van der Waals surface area contributed by atoms with Crippen LogP contribution in [0.3, 0.4) is 0 Å². The molecule has 0 spiro atoms. The Kier molecular flexibility index (Phi) is 2.75. The van der Waals surface area contributed by atoms with Gasteiger partial charge in [-0.15, -0.1) is 0 Å². The molecule has 0 aliphatic heterocycles. The molecule has 80 valence electrons. The van der Waals surface area contributed by atoms with Crippen molar-refractivity contribution < 1.29 is 9.47 Å². The second kappa shape index (κ2) is 4.04. The first-order chi connectivity index (χ1) is 7.29. The molecule has 1 aliphatic carbocycles. The number of rotatable bonds is 3. The lowest BCUT2D eigenvalue weighted by molar-refractivity contribution is -0.166. The summed E-state index contributed by atoms with van der Waals surface area (Å²) in [5.74, 6) is -0.616. The molecule has 0 radical (unpaired) electrons. The number of ether oxygens (including phenoxy) is 2. The van der Waals surface area contributed by atoms with Gasteiger partial charge in [0.2, 0.25) is 0 Å². The third-order valence-corrected chi connectivity index (χ3v) is 2.72. The van der Waals surface area contributed by atoms with Gasteiger partial charge in [0.25, 0.3) is 0 Å². The van der Waals surface area contributed by atoms with Crippen molar-refractivity contribution >= 4 is 5.57 Å². The summed E-state index contributed by atoms with van der Waals surface area (Å²) in [5.41, 5.74) is 2.30. The number of allylic oxidation sites excluding steroid dienone is 2. The first-order valence-electron chi connectivity index (χ1n) is 4.92. The molecule has 1 aromatic rings. The number of hydrogen-bond donors (Lipinski definition) is 1. The Bertz CT molecular complexity index is 372. The Balaban J connectivity index is 2.24. The van der Waals surface area contributed by atoms with Crippen molar-refractivity contribution in [1.82, 2.24) is 4.98 Å². The Morgan fingerprint density at radius 2 is 2.13 bits per heavy atom. The lowest BCUT2D eigenvalue weighted by Gasteiger charge is -2.30. The minimum atomic E-state index is -0.616. The maximum atomic E-state index is 5.39. The first-order valence-corrected chi connectivity index (χ1v) is 4.92. The smallest absolute Gasteiger partial charge is 0.191 e. The van der Waals surface area contributed by atoms with E-state index in [1.165, 1.54) is 5.57 Å². The van der Waals surface area contributed by atoms with Gasteiger partial charge in [-0.3, -0.25) is 0 Å². The number of nitrogens with one attached hydrogen (secondary N) is 1. The van der Waals surface area contributed by atoms with E-state index in [1.54, 1.807) is 14.2 Å². The molecule has 0 unspecified atom stereocenters. The van der Waals surface area contributed by atoms with Crippen LogP contribution in [-0.2, 0) is 9.47 Å². The highest BCUT2D eigenvalue weighted by atomic mass is 16.7. The van der Waals surface area contributed by atoms with Crippen molar-refractivity contribution in [2.24, 2.45) is 0 Å². The number of H-pyrrole nitrogens is 1. The van der Waals surface area contributed by atoms with Gasteiger partial charge in [-0.05, 0) is 23.8 Å². The first kappa shape index (κ1) is 10.2. The van der Waals surface area contributed by atoms with Crippen LogP contribution in [0.1, 0.15) is 12.1 Å². The molecule has 0 saturated heterocycles. The largest absolute Gasteiger partial charge is 0.361 e. The molecule has 0 atom stereocenters. The highest BCUT2D eigenvalue weighted by Gasteiger charge is 2.30. The molecule has 0 fully saturated rings. The summed E-state index contributed by atoms with van der Waals surface area (Å²) < 4.78 is 10.8. The van der Waals surface area contributed by atoms with E-state index in [2.05, 4.69) is 11.1 Å². The maximum absolute atomic E-state index is 5.39. The zero-order chi connectivity index (χ0) is 10.7. The van der Waals surface area contributed by atoms with Gasteiger partial charge in [0.15, 0.2) is 5.79 Å². The molecule has 15 heavy (non-hydrogen) atoms. The minimum absolute atomic E-state index is 0.616. The molecule has 1 N–H and O–H groups in total. The number of methoxy groups -OCH3 is 2. The van der Waals surface area contributed by atoms with E-state index in [-0.39, 0.29) is 0 Å². The Morgan fingerprint density at radius 3 is 2.73 bits per heavy atom. The average molecular weight is 205 g/mol. The Hall–Kier alpha value is -1.32. The zero-order valence-corrected chi connectivity index (χ0v) is 8.99. The van der Waals surface area contributed by atoms with Crippen molar-refractivity contribution in [2.45, 2.75) is 12.2 Å². The molecule has 0 saturated carbocycles. The number of aromatic amines is 1. The fourth-order valence-electron chi connectivity index (χ4n) is 1.77. The van der Waals surface area contributed by atoms with Crippen LogP contribution in [0.15, 0.2) is 36.6 Å². The summed E-state index contributed by atoms with van der Waals surface area (Å²) in [6.07, 6.45) is 8.60. The maximum Gasteiger partial charge on any atom is 0.191 e. The molecule has 1 aliphatic rings. The average Bonchev–Trinajstić information content (AvgIpc) is 2.82. The predicted octanol–water partition coefficient (Wildman–Crippen LogP) is 2.35. The molecule has 1 heterocycles. The van der Waals surface area contributed by atoms with Gasteiger partial charge < -0.3 is 14.5 Å². The normalized spacial score (nSPS) is 18.9. The summed E-state index contributed by atoms with van der Waals surface area (Å²) in [7, 11) is 3.32. The molecule has 0 aromatic carbocycles. The van der Waals surface area contributed by atoms with Crippen LogP contribution in [0.2, 0.25) is 0 Å². The lowest BCUT2D eigenvalue weighted by Crippen LogP contribution is -2.32. The van der Waals surface area contributed by atoms with Crippen molar-refractivity contribution in [1.29, 1.82) is 0 Å². The quantitative estimate of drug-likeness (QED) is 0.768. The Labute approximate surface area is 89.4 Å². The van der Waals surface area contributed by atoms with Crippen LogP contribution >= 0.6 is 0 Å². The highest BCUT2D eigenvalue weighted by molar-refractivity contribution is 5.67. The topological polar surface area (TPSA) is 34.2 Å². The van der Waals surface area contributed by atoms with Gasteiger partial charge in [-0.25, -0.2) is 0 Å². The van der Waals surface area contributed by atoms with Crippen molar-refractivity contribution in [2.75, 3.05) is 14.2 Å². The van der Waals surface area contributed by atoms with Crippen molar-refractivity contribution in [3.8, 4) is 0 Å². The predicted molar refractivity (Wildman–Crippen MR) is 59.3 cm³/mol. The van der Waals surface area contributed by atoms with E-state index < -0.39 is 5.79 Å².